The highest BCUT2D eigenvalue weighted by molar-refractivity contribution is 7.15. The second-order valence-electron chi connectivity index (χ2n) is 6.81. The Labute approximate surface area is 185 Å². The van der Waals surface area contributed by atoms with E-state index in [2.05, 4.69) is 0 Å². The third-order valence-corrected chi connectivity index (χ3v) is 5.96. The van der Waals surface area contributed by atoms with Gasteiger partial charge in [0.25, 0.3) is 0 Å². The van der Waals surface area contributed by atoms with Crippen LogP contribution < -0.4 is 10.4 Å². The summed E-state index contributed by atoms with van der Waals surface area (Å²) in [5, 5.41) is 9.84. The van der Waals surface area contributed by atoms with Crippen molar-refractivity contribution in [2.75, 3.05) is 0 Å². The van der Waals surface area contributed by atoms with Crippen LogP contribution in [-0.4, -0.2) is 17.0 Å². The van der Waals surface area contributed by atoms with Crippen molar-refractivity contribution < 1.29 is 23.8 Å². The Morgan fingerprint density at radius 2 is 1.84 bits per heavy atom. The largest absolute Gasteiger partial charge is 0.478 e. The summed E-state index contributed by atoms with van der Waals surface area (Å²) >= 11 is 7.63. The lowest BCUT2D eigenvalue weighted by molar-refractivity contribution is -0.131. The molecule has 0 spiro atoms. The molecule has 1 N–H and O–H groups in total. The number of carbonyl (C=O) groups is 2. The number of aromatic carboxylic acids is 1. The predicted octanol–water partition coefficient (Wildman–Crippen LogP) is 5.39. The van der Waals surface area contributed by atoms with Crippen LogP contribution in [0.3, 0.4) is 0 Å². The SMILES string of the molecule is CC(=O)Oc1cc2oc(=O)c(-c3ccc(Cc4ccc(C(=O)O)cc4)s3)cc2cc1Cl. The molecule has 4 aromatic rings. The number of carboxylic acid groups (broad SMARTS) is 1. The van der Waals surface area contributed by atoms with Crippen LogP contribution in [0.25, 0.3) is 21.4 Å². The molecule has 0 amide bonds. The highest BCUT2D eigenvalue weighted by Crippen LogP contribution is 2.33. The molecule has 0 aliphatic carbocycles. The Bertz CT molecular complexity index is 1370. The lowest BCUT2D eigenvalue weighted by atomic mass is 10.1. The summed E-state index contributed by atoms with van der Waals surface area (Å²) in [5.41, 5.74) is 1.36. The van der Waals surface area contributed by atoms with E-state index in [1.165, 1.54) is 24.3 Å². The summed E-state index contributed by atoms with van der Waals surface area (Å²) in [6, 6.07) is 15.2. The average Bonchev–Trinajstić information content (AvgIpc) is 3.17. The molecule has 0 bridgehead atoms. The molecule has 6 nitrogen and oxygen atoms in total. The van der Waals surface area contributed by atoms with Gasteiger partial charge in [0.05, 0.1) is 16.1 Å². The van der Waals surface area contributed by atoms with E-state index < -0.39 is 17.6 Å². The number of esters is 1. The van der Waals surface area contributed by atoms with Crippen LogP contribution in [-0.2, 0) is 11.2 Å². The van der Waals surface area contributed by atoms with Crippen LogP contribution in [0.4, 0.5) is 0 Å². The van der Waals surface area contributed by atoms with E-state index >= 15 is 0 Å². The molecule has 31 heavy (non-hydrogen) atoms. The van der Waals surface area contributed by atoms with Gasteiger partial charge in [-0.25, -0.2) is 9.59 Å². The van der Waals surface area contributed by atoms with Crippen molar-refractivity contribution in [2.24, 2.45) is 0 Å². The van der Waals surface area contributed by atoms with Gasteiger partial charge in [0.2, 0.25) is 0 Å². The number of ether oxygens (including phenoxy) is 1. The predicted molar refractivity (Wildman–Crippen MR) is 118 cm³/mol. The van der Waals surface area contributed by atoms with E-state index in [9.17, 15) is 14.4 Å². The standard InChI is InChI=1S/C23H15ClO6S/c1-12(25)29-20-11-19-15(10-18(20)24)9-17(23(28)30-19)21-7-6-16(31-21)8-13-2-4-14(5-3-13)22(26)27/h2-7,9-11H,8H2,1H3,(H,26,27). The maximum atomic E-state index is 12.6. The third-order valence-electron chi connectivity index (χ3n) is 4.55. The molecule has 0 radical (unpaired) electrons. The lowest BCUT2D eigenvalue weighted by Gasteiger charge is -2.06. The molecular formula is C23H15ClO6S. The summed E-state index contributed by atoms with van der Waals surface area (Å²) in [6.45, 7) is 1.26. The van der Waals surface area contributed by atoms with E-state index in [1.54, 1.807) is 36.4 Å². The number of hydrogen-bond acceptors (Lipinski definition) is 6. The lowest BCUT2D eigenvalue weighted by Crippen LogP contribution is -2.04. The number of hydrogen-bond donors (Lipinski definition) is 1. The molecule has 156 valence electrons. The van der Waals surface area contributed by atoms with Crippen LogP contribution in [0, 0.1) is 0 Å². The number of thiophene rings is 1. The van der Waals surface area contributed by atoms with Crippen molar-refractivity contribution in [3.05, 3.63) is 86.0 Å². The van der Waals surface area contributed by atoms with Crippen molar-refractivity contribution in [3.8, 4) is 16.2 Å². The van der Waals surface area contributed by atoms with Gasteiger partial charge in [0, 0.05) is 34.6 Å². The summed E-state index contributed by atoms with van der Waals surface area (Å²) in [6.07, 6.45) is 0.612. The maximum absolute atomic E-state index is 12.6. The van der Waals surface area contributed by atoms with Crippen molar-refractivity contribution in [3.63, 3.8) is 0 Å². The topological polar surface area (TPSA) is 93.8 Å². The van der Waals surface area contributed by atoms with Crippen LogP contribution in [0.1, 0.15) is 27.7 Å². The fourth-order valence-electron chi connectivity index (χ4n) is 3.11. The van der Waals surface area contributed by atoms with Gasteiger partial charge in [0.1, 0.15) is 5.58 Å². The minimum Gasteiger partial charge on any atom is -0.478 e. The van der Waals surface area contributed by atoms with Gasteiger partial charge < -0.3 is 14.3 Å². The third kappa shape index (κ3) is 4.52. The molecule has 0 aliphatic heterocycles. The van der Waals surface area contributed by atoms with Crippen molar-refractivity contribution in [2.45, 2.75) is 13.3 Å². The smallest absolute Gasteiger partial charge is 0.345 e. The van der Waals surface area contributed by atoms with E-state index in [-0.39, 0.29) is 21.9 Å². The van der Waals surface area contributed by atoms with Crippen LogP contribution in [0.5, 0.6) is 5.75 Å². The van der Waals surface area contributed by atoms with Gasteiger partial charge in [-0.1, -0.05) is 23.7 Å². The molecule has 8 heteroatoms. The average molecular weight is 455 g/mol. The fourth-order valence-corrected chi connectivity index (χ4v) is 4.37. The number of carboxylic acids is 1. The highest BCUT2D eigenvalue weighted by atomic mass is 35.5. The molecular weight excluding hydrogens is 440 g/mol. The van der Waals surface area contributed by atoms with Gasteiger partial charge in [0.15, 0.2) is 5.75 Å². The fraction of sp³-hybridized carbons (Fsp3) is 0.0870. The number of rotatable bonds is 5. The molecule has 2 aromatic heterocycles. The Balaban J connectivity index is 1.63. The van der Waals surface area contributed by atoms with Gasteiger partial charge in [-0.15, -0.1) is 11.3 Å². The molecule has 0 fully saturated rings. The first kappa shape index (κ1) is 20.8. The second-order valence-corrected chi connectivity index (χ2v) is 8.38. The van der Waals surface area contributed by atoms with E-state index in [1.807, 2.05) is 12.1 Å². The first-order valence-corrected chi connectivity index (χ1v) is 10.4. The van der Waals surface area contributed by atoms with E-state index in [4.69, 9.17) is 25.9 Å². The monoisotopic (exact) mass is 454 g/mol. The molecule has 0 atom stereocenters. The molecule has 0 saturated heterocycles. The minimum absolute atomic E-state index is 0.130. The normalized spacial score (nSPS) is 10.9. The van der Waals surface area contributed by atoms with Gasteiger partial charge in [-0.05, 0) is 42.0 Å². The van der Waals surface area contributed by atoms with Crippen molar-refractivity contribution in [1.29, 1.82) is 0 Å². The first-order valence-electron chi connectivity index (χ1n) is 9.17. The Morgan fingerprint density at radius 3 is 2.52 bits per heavy atom. The second kappa shape index (κ2) is 8.37. The number of fused-ring (bicyclic) bond motifs is 1. The zero-order chi connectivity index (χ0) is 22.1. The molecule has 0 saturated carbocycles. The molecule has 4 rings (SSSR count). The molecule has 0 aliphatic rings. The van der Waals surface area contributed by atoms with Crippen LogP contribution in [0.15, 0.2) is 63.8 Å². The number of benzene rings is 2. The van der Waals surface area contributed by atoms with E-state index in [0.29, 0.717) is 17.4 Å². The quantitative estimate of drug-likeness (QED) is 0.247. The van der Waals surface area contributed by atoms with Crippen molar-refractivity contribution >= 4 is 45.8 Å². The molecule has 0 unspecified atom stereocenters. The molecule has 2 aromatic carbocycles. The zero-order valence-corrected chi connectivity index (χ0v) is 17.8. The zero-order valence-electron chi connectivity index (χ0n) is 16.2. The van der Waals surface area contributed by atoms with Gasteiger partial charge in [-0.3, -0.25) is 4.79 Å². The van der Waals surface area contributed by atoms with Crippen LogP contribution >= 0.6 is 22.9 Å². The Hall–Kier alpha value is -3.42. The van der Waals surface area contributed by atoms with Gasteiger partial charge in [-0.2, -0.15) is 0 Å². The number of carbonyl (C=O) groups excluding carboxylic acids is 1. The molecule has 2 heterocycles. The minimum atomic E-state index is -0.965. The maximum Gasteiger partial charge on any atom is 0.345 e. The summed E-state index contributed by atoms with van der Waals surface area (Å²) in [7, 11) is 0. The summed E-state index contributed by atoms with van der Waals surface area (Å²) in [5.74, 6) is -1.36. The van der Waals surface area contributed by atoms with Crippen molar-refractivity contribution in [1.82, 2.24) is 0 Å². The number of halogens is 1. The Kier molecular flexibility index (Phi) is 5.63. The van der Waals surface area contributed by atoms with Gasteiger partial charge >= 0.3 is 17.6 Å². The summed E-state index contributed by atoms with van der Waals surface area (Å²) < 4.78 is 10.5. The summed E-state index contributed by atoms with van der Waals surface area (Å²) in [4.78, 5) is 36.5. The first-order chi connectivity index (χ1) is 14.8. The highest BCUT2D eigenvalue weighted by Gasteiger charge is 2.14. The van der Waals surface area contributed by atoms with Crippen LogP contribution in [0.2, 0.25) is 5.02 Å². The van der Waals surface area contributed by atoms with E-state index in [0.717, 1.165) is 15.3 Å². The Morgan fingerprint density at radius 1 is 1.10 bits per heavy atom.